The maximum absolute atomic E-state index is 12.9. The predicted octanol–water partition coefficient (Wildman–Crippen LogP) is 4.02. The zero-order chi connectivity index (χ0) is 19.8. The van der Waals surface area contributed by atoms with Crippen molar-refractivity contribution in [2.45, 2.75) is 6.92 Å². The Morgan fingerprint density at radius 3 is 2.79 bits per heavy atom. The zero-order valence-corrected chi connectivity index (χ0v) is 16.3. The SMILES string of the molecule is Cc1cccnc1NC(=O)c1sc2nc(N)c(C#N)c(-c3cccs3)c2c1N. The van der Waals surface area contributed by atoms with Crippen molar-refractivity contribution in [3.05, 3.63) is 51.8 Å². The lowest BCUT2D eigenvalue weighted by atomic mass is 10.0. The van der Waals surface area contributed by atoms with Crippen LogP contribution in [0.1, 0.15) is 20.8 Å². The first kappa shape index (κ1) is 17.9. The van der Waals surface area contributed by atoms with E-state index in [1.807, 2.05) is 30.5 Å². The van der Waals surface area contributed by atoms with E-state index in [2.05, 4.69) is 21.4 Å². The molecule has 0 unspecified atom stereocenters. The summed E-state index contributed by atoms with van der Waals surface area (Å²) in [6, 6.07) is 9.52. The molecule has 1 amide bonds. The lowest BCUT2D eigenvalue weighted by Crippen LogP contribution is -2.13. The Labute approximate surface area is 168 Å². The van der Waals surface area contributed by atoms with E-state index in [4.69, 9.17) is 11.5 Å². The maximum atomic E-state index is 12.9. The number of hydrogen-bond donors (Lipinski definition) is 3. The third kappa shape index (κ3) is 2.85. The van der Waals surface area contributed by atoms with Gasteiger partial charge < -0.3 is 16.8 Å². The highest BCUT2D eigenvalue weighted by Gasteiger charge is 2.25. The predicted molar refractivity (Wildman–Crippen MR) is 113 cm³/mol. The molecule has 0 aliphatic rings. The van der Waals surface area contributed by atoms with Crippen molar-refractivity contribution in [2.24, 2.45) is 0 Å². The highest BCUT2D eigenvalue weighted by Crippen LogP contribution is 2.43. The Balaban J connectivity index is 1.90. The van der Waals surface area contributed by atoms with Crippen molar-refractivity contribution in [3.8, 4) is 16.5 Å². The molecule has 7 nitrogen and oxygen atoms in total. The van der Waals surface area contributed by atoms with Gasteiger partial charge in [-0.15, -0.1) is 22.7 Å². The highest BCUT2D eigenvalue weighted by molar-refractivity contribution is 7.21. The molecule has 0 atom stereocenters. The van der Waals surface area contributed by atoms with Crippen LogP contribution in [0.15, 0.2) is 35.8 Å². The number of aromatic nitrogens is 2. The molecule has 0 saturated heterocycles. The number of fused-ring (bicyclic) bond motifs is 1. The zero-order valence-electron chi connectivity index (χ0n) is 14.7. The number of carbonyl (C=O) groups excluding carboxylic acids is 1. The fourth-order valence-electron chi connectivity index (χ4n) is 2.90. The van der Waals surface area contributed by atoms with E-state index in [0.717, 1.165) is 21.8 Å². The molecule has 4 rings (SSSR count). The molecule has 4 heterocycles. The second-order valence-electron chi connectivity index (χ2n) is 5.98. The second-order valence-corrected chi connectivity index (χ2v) is 7.93. The minimum absolute atomic E-state index is 0.118. The summed E-state index contributed by atoms with van der Waals surface area (Å²) in [7, 11) is 0. The Kier molecular flexibility index (Phi) is 4.43. The molecule has 138 valence electrons. The van der Waals surface area contributed by atoms with Gasteiger partial charge in [0, 0.05) is 22.0 Å². The molecule has 9 heteroatoms. The molecule has 0 spiro atoms. The van der Waals surface area contributed by atoms with Gasteiger partial charge in [-0.05, 0) is 30.0 Å². The van der Waals surface area contributed by atoms with Gasteiger partial charge >= 0.3 is 0 Å². The number of nitrogens with zero attached hydrogens (tertiary/aromatic N) is 3. The largest absolute Gasteiger partial charge is 0.397 e. The smallest absolute Gasteiger partial charge is 0.269 e. The number of amides is 1. The van der Waals surface area contributed by atoms with E-state index in [1.54, 1.807) is 12.3 Å². The normalized spacial score (nSPS) is 10.7. The van der Waals surface area contributed by atoms with Crippen molar-refractivity contribution in [1.29, 1.82) is 5.26 Å². The van der Waals surface area contributed by atoms with Crippen LogP contribution in [0.5, 0.6) is 0 Å². The number of anilines is 3. The number of thiophene rings is 2. The number of nitrogen functional groups attached to an aromatic ring is 2. The third-order valence-corrected chi connectivity index (χ3v) is 6.22. The van der Waals surface area contributed by atoms with Gasteiger partial charge in [-0.3, -0.25) is 4.79 Å². The average Bonchev–Trinajstić information content (AvgIpc) is 3.31. The van der Waals surface area contributed by atoms with Gasteiger partial charge in [-0.25, -0.2) is 9.97 Å². The van der Waals surface area contributed by atoms with E-state index in [9.17, 15) is 10.1 Å². The van der Waals surface area contributed by atoms with Crippen molar-refractivity contribution >= 4 is 56.1 Å². The van der Waals surface area contributed by atoms with Crippen LogP contribution in [0, 0.1) is 18.3 Å². The third-order valence-electron chi connectivity index (χ3n) is 4.23. The summed E-state index contributed by atoms with van der Waals surface area (Å²) in [6.07, 6.45) is 1.60. The van der Waals surface area contributed by atoms with Gasteiger partial charge in [0.05, 0.1) is 5.69 Å². The van der Waals surface area contributed by atoms with Crippen molar-refractivity contribution < 1.29 is 4.79 Å². The summed E-state index contributed by atoms with van der Waals surface area (Å²) in [5, 5.41) is 14.9. The van der Waals surface area contributed by atoms with Crippen LogP contribution >= 0.6 is 22.7 Å². The number of pyridine rings is 2. The Bertz CT molecular complexity index is 1250. The molecule has 0 aliphatic carbocycles. The molecule has 0 saturated carbocycles. The standard InChI is InChI=1S/C19H14N6OS2/c1-9-4-2-6-23-17(9)25-18(26)15-14(21)13-12(11-5-3-7-27-11)10(8-20)16(22)24-19(13)28-15/h2-7H,21H2,1H3,(H2,22,24)(H,23,25,26). The first-order valence-electron chi connectivity index (χ1n) is 8.19. The Morgan fingerprint density at radius 1 is 1.29 bits per heavy atom. The topological polar surface area (TPSA) is 131 Å². The van der Waals surface area contributed by atoms with Crippen molar-refractivity contribution in [2.75, 3.05) is 16.8 Å². The van der Waals surface area contributed by atoms with Gasteiger partial charge in [-0.2, -0.15) is 5.26 Å². The van der Waals surface area contributed by atoms with Crippen LogP contribution in [0.4, 0.5) is 17.3 Å². The minimum Gasteiger partial charge on any atom is -0.397 e. The molecule has 0 aromatic carbocycles. The molecule has 5 N–H and O–H groups in total. The highest BCUT2D eigenvalue weighted by atomic mass is 32.1. The number of nitriles is 1. The van der Waals surface area contributed by atoms with Gasteiger partial charge in [0.15, 0.2) is 0 Å². The van der Waals surface area contributed by atoms with Gasteiger partial charge in [0.25, 0.3) is 5.91 Å². The Morgan fingerprint density at radius 2 is 2.11 bits per heavy atom. The molecule has 0 radical (unpaired) electrons. The summed E-state index contributed by atoms with van der Waals surface area (Å²) in [6.45, 7) is 1.85. The van der Waals surface area contributed by atoms with Crippen LogP contribution in [-0.2, 0) is 0 Å². The van der Waals surface area contributed by atoms with E-state index in [1.165, 1.54) is 11.3 Å². The number of rotatable bonds is 3. The monoisotopic (exact) mass is 406 g/mol. The number of nitrogens with one attached hydrogen (secondary N) is 1. The fourth-order valence-corrected chi connectivity index (χ4v) is 4.69. The lowest BCUT2D eigenvalue weighted by molar-refractivity contribution is 0.103. The molecule has 0 aliphatic heterocycles. The molecule has 28 heavy (non-hydrogen) atoms. The summed E-state index contributed by atoms with van der Waals surface area (Å²) < 4.78 is 0. The number of carbonyl (C=O) groups is 1. The summed E-state index contributed by atoms with van der Waals surface area (Å²) >= 11 is 2.61. The minimum atomic E-state index is -0.378. The number of aryl methyl sites for hydroxylation is 1. The molecular formula is C19H14N6OS2. The average molecular weight is 406 g/mol. The van der Waals surface area contributed by atoms with E-state index < -0.39 is 0 Å². The number of nitrogens with two attached hydrogens (primary N) is 2. The van der Waals surface area contributed by atoms with Crippen molar-refractivity contribution in [3.63, 3.8) is 0 Å². The first-order chi connectivity index (χ1) is 13.5. The van der Waals surface area contributed by atoms with Crippen LogP contribution in [0.3, 0.4) is 0 Å². The Hall–Kier alpha value is -3.48. The van der Waals surface area contributed by atoms with Gasteiger partial charge in [0.1, 0.15) is 33.0 Å². The molecule has 0 fully saturated rings. The van der Waals surface area contributed by atoms with Crippen LogP contribution in [-0.4, -0.2) is 15.9 Å². The summed E-state index contributed by atoms with van der Waals surface area (Å²) in [4.78, 5) is 23.0. The van der Waals surface area contributed by atoms with Crippen LogP contribution < -0.4 is 16.8 Å². The van der Waals surface area contributed by atoms with Gasteiger partial charge in [-0.1, -0.05) is 12.1 Å². The molecular weight excluding hydrogens is 392 g/mol. The second kappa shape index (κ2) is 6.92. The molecule has 4 aromatic rings. The number of hydrogen-bond acceptors (Lipinski definition) is 8. The first-order valence-corrected chi connectivity index (χ1v) is 9.89. The molecule has 0 bridgehead atoms. The maximum Gasteiger partial charge on any atom is 0.269 e. The molecule has 4 aromatic heterocycles. The van der Waals surface area contributed by atoms with Crippen molar-refractivity contribution in [1.82, 2.24) is 9.97 Å². The summed E-state index contributed by atoms with van der Waals surface area (Å²) in [5.41, 5.74) is 14.3. The van der Waals surface area contributed by atoms with Crippen LogP contribution in [0.2, 0.25) is 0 Å². The van der Waals surface area contributed by atoms with Gasteiger partial charge in [0.2, 0.25) is 0 Å². The van der Waals surface area contributed by atoms with E-state index in [-0.39, 0.29) is 23.0 Å². The lowest BCUT2D eigenvalue weighted by Gasteiger charge is -2.08. The quantitative estimate of drug-likeness (QED) is 0.471. The van der Waals surface area contributed by atoms with E-state index >= 15 is 0 Å². The van der Waals surface area contributed by atoms with E-state index in [0.29, 0.717) is 26.5 Å². The fraction of sp³-hybridized carbons (Fsp3) is 0.0526. The van der Waals surface area contributed by atoms with Crippen LogP contribution in [0.25, 0.3) is 20.7 Å². The summed E-state index contributed by atoms with van der Waals surface area (Å²) in [5.74, 6) is 0.205.